The molecule has 0 spiro atoms. The lowest BCUT2D eigenvalue weighted by Crippen LogP contribution is -2.36. The Balaban J connectivity index is 1.74. The largest absolute Gasteiger partial charge is 0.387 e. The summed E-state index contributed by atoms with van der Waals surface area (Å²) in [6.45, 7) is 3.54. The fraction of sp³-hybridized carbons (Fsp3) is 0.375. The molecule has 2 nitrogen and oxygen atoms in total. The van der Waals surface area contributed by atoms with Gasteiger partial charge in [-0.3, -0.25) is 4.90 Å². The molecule has 4 heteroatoms. The smallest absolute Gasteiger partial charge is 0.129 e. The van der Waals surface area contributed by atoms with Gasteiger partial charge in [-0.05, 0) is 36.4 Å². The molecule has 20 heavy (non-hydrogen) atoms. The zero-order valence-corrected chi connectivity index (χ0v) is 12.2. The monoisotopic (exact) mass is 291 g/mol. The Labute approximate surface area is 122 Å². The molecule has 0 fully saturated rings. The van der Waals surface area contributed by atoms with E-state index in [-0.39, 0.29) is 11.9 Å². The molecular weight excluding hydrogens is 273 g/mol. The number of hydrogen-bond donors (Lipinski definition) is 1. The minimum Gasteiger partial charge on any atom is -0.387 e. The fourth-order valence-corrected chi connectivity index (χ4v) is 3.84. The molecule has 0 radical (unpaired) electrons. The van der Waals surface area contributed by atoms with Crippen LogP contribution in [0.3, 0.4) is 0 Å². The number of rotatable bonds is 3. The van der Waals surface area contributed by atoms with Crippen molar-refractivity contribution in [3.8, 4) is 0 Å². The second-order valence-corrected chi connectivity index (χ2v) is 6.26. The van der Waals surface area contributed by atoms with Crippen LogP contribution in [-0.4, -0.2) is 23.1 Å². The second kappa shape index (κ2) is 5.64. The van der Waals surface area contributed by atoms with E-state index in [0.29, 0.717) is 12.1 Å². The first-order chi connectivity index (χ1) is 9.66. The molecule has 0 saturated carbocycles. The molecule has 1 aromatic heterocycles. The summed E-state index contributed by atoms with van der Waals surface area (Å²) < 4.78 is 13.7. The molecule has 1 aliphatic rings. The molecule has 2 atom stereocenters. The van der Waals surface area contributed by atoms with E-state index in [1.165, 1.54) is 16.5 Å². The standard InChI is InChI=1S/C16H18FNOS/c1-11-12-7-9-20-16(12)6-8-18(11)10-15(19)13-4-2-3-5-14(13)17/h2-5,7,9,11,15,19H,6,8,10H2,1H3. The molecule has 1 aliphatic heterocycles. The van der Waals surface area contributed by atoms with Gasteiger partial charge in [0.05, 0.1) is 6.10 Å². The highest BCUT2D eigenvalue weighted by Crippen LogP contribution is 2.34. The van der Waals surface area contributed by atoms with Gasteiger partial charge >= 0.3 is 0 Å². The van der Waals surface area contributed by atoms with Crippen molar-refractivity contribution in [3.63, 3.8) is 0 Å². The van der Waals surface area contributed by atoms with Gasteiger partial charge in [0, 0.05) is 29.6 Å². The minimum atomic E-state index is -0.779. The van der Waals surface area contributed by atoms with Crippen LogP contribution in [0.25, 0.3) is 0 Å². The second-order valence-electron chi connectivity index (χ2n) is 5.26. The third-order valence-electron chi connectivity index (χ3n) is 4.08. The number of halogens is 1. The van der Waals surface area contributed by atoms with Gasteiger partial charge in [-0.1, -0.05) is 18.2 Å². The van der Waals surface area contributed by atoms with E-state index in [1.807, 2.05) is 0 Å². The average Bonchev–Trinajstić information content (AvgIpc) is 2.91. The lowest BCUT2D eigenvalue weighted by molar-refractivity contribution is 0.0848. The molecular formula is C16H18FNOS. The quantitative estimate of drug-likeness (QED) is 0.935. The van der Waals surface area contributed by atoms with Gasteiger partial charge in [-0.25, -0.2) is 4.39 Å². The molecule has 0 amide bonds. The lowest BCUT2D eigenvalue weighted by Gasteiger charge is -2.35. The number of β-amino-alcohol motifs (C(OH)–C–C–N with tert-alkyl or cyclic N) is 1. The average molecular weight is 291 g/mol. The summed E-state index contributed by atoms with van der Waals surface area (Å²) >= 11 is 1.80. The summed E-state index contributed by atoms with van der Waals surface area (Å²) in [7, 11) is 0. The van der Waals surface area contributed by atoms with Gasteiger partial charge in [0.1, 0.15) is 5.82 Å². The van der Waals surface area contributed by atoms with Crippen LogP contribution in [0, 0.1) is 5.82 Å². The summed E-state index contributed by atoms with van der Waals surface area (Å²) in [6, 6.07) is 8.91. The highest BCUT2D eigenvalue weighted by Gasteiger charge is 2.27. The molecule has 2 heterocycles. The van der Waals surface area contributed by atoms with E-state index < -0.39 is 6.10 Å². The van der Waals surface area contributed by atoms with Crippen LogP contribution in [0.1, 0.15) is 35.1 Å². The molecule has 1 aromatic carbocycles. The van der Waals surface area contributed by atoms with Crippen LogP contribution in [0.4, 0.5) is 4.39 Å². The SMILES string of the molecule is CC1c2ccsc2CCN1CC(O)c1ccccc1F. The first-order valence-corrected chi connectivity index (χ1v) is 7.77. The molecule has 0 bridgehead atoms. The summed E-state index contributed by atoms with van der Waals surface area (Å²) in [5.74, 6) is -0.333. The van der Waals surface area contributed by atoms with Crippen LogP contribution in [0.5, 0.6) is 0 Å². The Morgan fingerprint density at radius 1 is 1.40 bits per heavy atom. The zero-order valence-electron chi connectivity index (χ0n) is 11.4. The maximum Gasteiger partial charge on any atom is 0.129 e. The van der Waals surface area contributed by atoms with Crippen molar-refractivity contribution in [3.05, 3.63) is 57.5 Å². The van der Waals surface area contributed by atoms with Crippen molar-refractivity contribution >= 4 is 11.3 Å². The van der Waals surface area contributed by atoms with Crippen molar-refractivity contribution in [2.75, 3.05) is 13.1 Å². The van der Waals surface area contributed by atoms with Gasteiger partial charge in [-0.2, -0.15) is 0 Å². The fourth-order valence-electron chi connectivity index (χ4n) is 2.88. The van der Waals surface area contributed by atoms with Crippen LogP contribution in [-0.2, 0) is 6.42 Å². The van der Waals surface area contributed by atoms with Crippen molar-refractivity contribution in [2.45, 2.75) is 25.5 Å². The molecule has 3 rings (SSSR count). The van der Waals surface area contributed by atoms with Crippen molar-refractivity contribution in [1.82, 2.24) is 4.90 Å². The third kappa shape index (κ3) is 2.51. The number of thiophene rings is 1. The van der Waals surface area contributed by atoms with Crippen LogP contribution in [0.2, 0.25) is 0 Å². The van der Waals surface area contributed by atoms with Gasteiger partial charge in [-0.15, -0.1) is 11.3 Å². The van der Waals surface area contributed by atoms with Gasteiger partial charge in [0.2, 0.25) is 0 Å². The van der Waals surface area contributed by atoms with E-state index in [0.717, 1.165) is 13.0 Å². The van der Waals surface area contributed by atoms with E-state index in [2.05, 4.69) is 23.3 Å². The summed E-state index contributed by atoms with van der Waals surface area (Å²) in [6.07, 6.45) is 0.236. The molecule has 0 aliphatic carbocycles. The first-order valence-electron chi connectivity index (χ1n) is 6.89. The Morgan fingerprint density at radius 3 is 3.00 bits per heavy atom. The van der Waals surface area contributed by atoms with Crippen LogP contribution < -0.4 is 0 Å². The van der Waals surface area contributed by atoms with E-state index >= 15 is 0 Å². The molecule has 106 valence electrons. The summed E-state index contributed by atoms with van der Waals surface area (Å²) in [5.41, 5.74) is 1.73. The van der Waals surface area contributed by atoms with Crippen LogP contribution in [0.15, 0.2) is 35.7 Å². The van der Waals surface area contributed by atoms with Gasteiger partial charge < -0.3 is 5.11 Å². The number of hydrogen-bond acceptors (Lipinski definition) is 3. The normalized spacial score (nSPS) is 20.6. The predicted octanol–water partition coefficient (Wildman–Crippen LogP) is 3.54. The highest BCUT2D eigenvalue weighted by atomic mass is 32.1. The Bertz CT molecular complexity index is 598. The Morgan fingerprint density at radius 2 is 2.20 bits per heavy atom. The Kier molecular flexibility index (Phi) is 3.87. The number of nitrogens with zero attached hydrogens (tertiary/aromatic N) is 1. The summed E-state index contributed by atoms with van der Waals surface area (Å²) in [4.78, 5) is 3.67. The van der Waals surface area contributed by atoms with Crippen molar-refractivity contribution < 1.29 is 9.50 Å². The Hall–Kier alpha value is -1.23. The minimum absolute atomic E-state index is 0.284. The van der Waals surface area contributed by atoms with E-state index in [4.69, 9.17) is 0 Å². The van der Waals surface area contributed by atoms with Crippen molar-refractivity contribution in [2.24, 2.45) is 0 Å². The van der Waals surface area contributed by atoms with Crippen molar-refractivity contribution in [1.29, 1.82) is 0 Å². The number of aliphatic hydroxyl groups is 1. The highest BCUT2D eigenvalue weighted by molar-refractivity contribution is 7.10. The molecule has 2 aromatic rings. The maximum absolute atomic E-state index is 13.7. The lowest BCUT2D eigenvalue weighted by atomic mass is 10.00. The van der Waals surface area contributed by atoms with E-state index in [9.17, 15) is 9.50 Å². The maximum atomic E-state index is 13.7. The summed E-state index contributed by atoms with van der Waals surface area (Å²) in [5, 5.41) is 12.4. The number of benzene rings is 1. The number of fused-ring (bicyclic) bond motifs is 1. The third-order valence-corrected chi connectivity index (χ3v) is 5.07. The first kappa shape index (κ1) is 13.7. The van der Waals surface area contributed by atoms with Gasteiger partial charge in [0.15, 0.2) is 0 Å². The molecule has 0 saturated heterocycles. The predicted molar refractivity (Wildman–Crippen MR) is 79.4 cm³/mol. The zero-order chi connectivity index (χ0) is 14.1. The number of aliphatic hydroxyl groups excluding tert-OH is 1. The molecule has 1 N–H and O–H groups in total. The van der Waals surface area contributed by atoms with Crippen LogP contribution >= 0.6 is 11.3 Å². The van der Waals surface area contributed by atoms with Gasteiger partial charge in [0.25, 0.3) is 0 Å². The topological polar surface area (TPSA) is 23.5 Å². The molecule has 2 unspecified atom stereocenters. The van der Waals surface area contributed by atoms with E-state index in [1.54, 1.807) is 29.5 Å².